The average Bonchev–Trinajstić information content (AvgIpc) is 3.08. The minimum atomic E-state index is -1.51. The van der Waals surface area contributed by atoms with Crippen molar-refractivity contribution in [3.05, 3.63) is 62.2 Å². The van der Waals surface area contributed by atoms with E-state index in [-0.39, 0.29) is 29.1 Å². The number of aryl methyl sites for hydroxylation is 2. The molecule has 0 bridgehead atoms. The van der Waals surface area contributed by atoms with Gasteiger partial charge >= 0.3 is 5.97 Å². The normalized spacial score (nSPS) is 16.9. The molecule has 0 saturated heterocycles. The first-order valence-corrected chi connectivity index (χ1v) is 10.2. The molecule has 0 amide bonds. The lowest BCUT2D eigenvalue weighted by atomic mass is 9.95. The number of carbonyl (C=O) groups is 1. The maximum absolute atomic E-state index is 14.3. The van der Waals surface area contributed by atoms with Crippen LogP contribution in [0.4, 0.5) is 4.39 Å². The van der Waals surface area contributed by atoms with Crippen LogP contribution < -0.4 is 5.56 Å². The molecule has 8 heteroatoms. The summed E-state index contributed by atoms with van der Waals surface area (Å²) in [6.45, 7) is 1.86. The first kappa shape index (κ1) is 19.2. The molecular weight excluding hydrogens is 411 g/mol. The van der Waals surface area contributed by atoms with Crippen molar-refractivity contribution in [3.63, 3.8) is 0 Å². The van der Waals surface area contributed by atoms with Gasteiger partial charge in [-0.05, 0) is 43.0 Å². The van der Waals surface area contributed by atoms with Crippen LogP contribution in [-0.4, -0.2) is 26.5 Å². The SMILES string of the molecule is Cc1cc2c(CCCCl)c3c(nc2cc1F)-c1cc2c(c(=O)n1C3)COC(=O)[C@H]2O. The smallest absolute Gasteiger partial charge is 0.340 e. The standard InChI is InChI=1S/C22H18ClFN2O4/c1-10-5-12-11(3-2-4-23)14-8-26-18(19(14)25-17(12)7-16(10)24)6-13-15(21(26)28)9-30-22(29)20(13)27/h5-7,20,27H,2-4,8-9H2,1H3/t20-/m0/s1. The van der Waals surface area contributed by atoms with Gasteiger partial charge in [0, 0.05) is 28.5 Å². The number of hydrogen-bond donors (Lipinski definition) is 1. The number of hydrogen-bond acceptors (Lipinski definition) is 5. The Morgan fingerprint density at radius 1 is 1.30 bits per heavy atom. The predicted octanol–water partition coefficient (Wildman–Crippen LogP) is 3.13. The number of rotatable bonds is 3. The molecule has 4 heterocycles. The zero-order valence-corrected chi connectivity index (χ0v) is 16.9. The van der Waals surface area contributed by atoms with Crippen LogP contribution in [0.5, 0.6) is 0 Å². The van der Waals surface area contributed by atoms with Crippen LogP contribution in [-0.2, 0) is 29.1 Å². The van der Waals surface area contributed by atoms with E-state index in [0.717, 1.165) is 22.9 Å². The fraction of sp³-hybridized carbons (Fsp3) is 0.318. The number of aliphatic hydroxyl groups is 1. The molecular formula is C22H18ClFN2O4. The number of cyclic esters (lactones) is 1. The molecule has 6 nitrogen and oxygen atoms in total. The molecule has 1 N–H and O–H groups in total. The summed E-state index contributed by atoms with van der Waals surface area (Å²) in [5.74, 6) is -0.653. The van der Waals surface area contributed by atoms with Crippen molar-refractivity contribution in [2.75, 3.05) is 5.88 Å². The van der Waals surface area contributed by atoms with Gasteiger partial charge in [0.1, 0.15) is 12.4 Å². The Hall–Kier alpha value is -2.77. The third kappa shape index (κ3) is 2.69. The summed E-state index contributed by atoms with van der Waals surface area (Å²) in [6.07, 6.45) is -0.109. The molecule has 5 rings (SSSR count). The van der Waals surface area contributed by atoms with Crippen LogP contribution in [0.2, 0.25) is 0 Å². The first-order valence-electron chi connectivity index (χ1n) is 9.70. The predicted molar refractivity (Wildman–Crippen MR) is 109 cm³/mol. The van der Waals surface area contributed by atoms with Gasteiger partial charge in [-0.1, -0.05) is 0 Å². The van der Waals surface area contributed by atoms with Gasteiger partial charge in [-0.3, -0.25) is 4.79 Å². The highest BCUT2D eigenvalue weighted by Gasteiger charge is 2.34. The highest BCUT2D eigenvalue weighted by atomic mass is 35.5. The van der Waals surface area contributed by atoms with E-state index in [9.17, 15) is 19.1 Å². The molecule has 0 saturated carbocycles. The van der Waals surface area contributed by atoms with E-state index in [1.807, 2.05) is 0 Å². The molecule has 3 aromatic rings. The van der Waals surface area contributed by atoms with E-state index >= 15 is 0 Å². The largest absolute Gasteiger partial charge is 0.458 e. The Balaban J connectivity index is 1.80. The fourth-order valence-corrected chi connectivity index (χ4v) is 4.50. The number of esters is 1. The zero-order valence-electron chi connectivity index (χ0n) is 16.2. The molecule has 1 atom stereocenters. The molecule has 2 aliphatic rings. The summed E-state index contributed by atoms with van der Waals surface area (Å²) in [5, 5.41) is 11.1. The number of halogens is 2. The highest BCUT2D eigenvalue weighted by Crippen LogP contribution is 2.38. The third-order valence-electron chi connectivity index (χ3n) is 5.92. The Morgan fingerprint density at radius 3 is 2.87 bits per heavy atom. The van der Waals surface area contributed by atoms with Crippen molar-refractivity contribution in [2.45, 2.75) is 39.0 Å². The topological polar surface area (TPSA) is 81.4 Å². The second-order valence-corrected chi connectivity index (χ2v) is 8.07. The number of fused-ring (bicyclic) bond motifs is 5. The van der Waals surface area contributed by atoms with Crippen LogP contribution >= 0.6 is 11.6 Å². The van der Waals surface area contributed by atoms with Crippen molar-refractivity contribution < 1.29 is 19.0 Å². The molecule has 30 heavy (non-hydrogen) atoms. The van der Waals surface area contributed by atoms with E-state index in [0.29, 0.717) is 41.3 Å². The Labute approximate surface area is 175 Å². The van der Waals surface area contributed by atoms with Gasteiger partial charge in [-0.25, -0.2) is 14.2 Å². The zero-order chi connectivity index (χ0) is 21.2. The molecule has 1 aromatic carbocycles. The summed E-state index contributed by atoms with van der Waals surface area (Å²) >= 11 is 5.94. The monoisotopic (exact) mass is 428 g/mol. The van der Waals surface area contributed by atoms with Crippen LogP contribution in [0.25, 0.3) is 22.3 Å². The lowest BCUT2D eigenvalue weighted by molar-refractivity contribution is -0.157. The second kappa shape index (κ2) is 6.89. The summed E-state index contributed by atoms with van der Waals surface area (Å²) in [7, 11) is 0. The van der Waals surface area contributed by atoms with Gasteiger partial charge in [0.2, 0.25) is 0 Å². The Morgan fingerprint density at radius 2 is 2.10 bits per heavy atom. The van der Waals surface area contributed by atoms with E-state index in [4.69, 9.17) is 16.3 Å². The molecule has 0 fully saturated rings. The number of aromatic nitrogens is 2. The molecule has 0 spiro atoms. The Kier molecular flexibility index (Phi) is 4.41. The van der Waals surface area contributed by atoms with Gasteiger partial charge in [0.15, 0.2) is 6.10 Å². The maximum Gasteiger partial charge on any atom is 0.340 e. The molecule has 0 unspecified atom stereocenters. The third-order valence-corrected chi connectivity index (χ3v) is 6.18. The highest BCUT2D eigenvalue weighted by molar-refractivity contribution is 6.17. The number of pyridine rings is 2. The summed E-state index contributed by atoms with van der Waals surface area (Å²) in [4.78, 5) is 29.6. The number of carbonyl (C=O) groups excluding carboxylic acids is 1. The number of ether oxygens (including phenoxy) is 1. The molecule has 0 aliphatic carbocycles. The number of benzene rings is 1. The fourth-order valence-electron chi connectivity index (χ4n) is 4.37. The minimum absolute atomic E-state index is 0.167. The van der Waals surface area contributed by atoms with Crippen molar-refractivity contribution in [3.8, 4) is 11.4 Å². The van der Waals surface area contributed by atoms with Crippen LogP contribution in [0.15, 0.2) is 23.0 Å². The first-order chi connectivity index (χ1) is 14.4. The van der Waals surface area contributed by atoms with Crippen LogP contribution in [0, 0.1) is 12.7 Å². The lowest BCUT2D eigenvalue weighted by Gasteiger charge is -2.21. The van der Waals surface area contributed by atoms with Gasteiger partial charge in [-0.2, -0.15) is 0 Å². The van der Waals surface area contributed by atoms with Crippen molar-refractivity contribution in [2.24, 2.45) is 0 Å². The lowest BCUT2D eigenvalue weighted by Crippen LogP contribution is -2.32. The van der Waals surface area contributed by atoms with Crippen molar-refractivity contribution >= 4 is 28.5 Å². The van der Waals surface area contributed by atoms with Gasteiger partial charge in [-0.15, -0.1) is 11.6 Å². The Bertz CT molecular complexity index is 1300. The van der Waals surface area contributed by atoms with Crippen LogP contribution in [0.3, 0.4) is 0 Å². The van der Waals surface area contributed by atoms with Gasteiger partial charge < -0.3 is 14.4 Å². The van der Waals surface area contributed by atoms with Crippen LogP contribution in [0.1, 0.15) is 40.3 Å². The van der Waals surface area contributed by atoms with Gasteiger partial charge in [0.25, 0.3) is 5.56 Å². The van der Waals surface area contributed by atoms with Crippen molar-refractivity contribution in [1.29, 1.82) is 0 Å². The summed E-state index contributed by atoms with van der Waals surface area (Å²) < 4.78 is 20.8. The molecule has 0 radical (unpaired) electrons. The summed E-state index contributed by atoms with van der Waals surface area (Å²) in [5.41, 5.74) is 4.19. The number of nitrogens with zero attached hydrogens (tertiary/aromatic N) is 2. The number of aliphatic hydroxyl groups excluding tert-OH is 1. The maximum atomic E-state index is 14.3. The van der Waals surface area contributed by atoms with E-state index < -0.39 is 12.1 Å². The average molecular weight is 429 g/mol. The molecule has 2 aliphatic heterocycles. The molecule has 2 aromatic heterocycles. The van der Waals surface area contributed by atoms with Gasteiger partial charge in [0.05, 0.1) is 29.0 Å². The van der Waals surface area contributed by atoms with E-state index in [1.54, 1.807) is 23.6 Å². The van der Waals surface area contributed by atoms with Crippen molar-refractivity contribution in [1.82, 2.24) is 9.55 Å². The molecule has 154 valence electrons. The van der Waals surface area contributed by atoms with E-state index in [1.165, 1.54) is 6.07 Å². The minimum Gasteiger partial charge on any atom is -0.458 e. The van der Waals surface area contributed by atoms with E-state index in [2.05, 4.69) is 4.98 Å². The number of alkyl halides is 1. The summed E-state index contributed by atoms with van der Waals surface area (Å²) in [6, 6.07) is 4.82. The second-order valence-electron chi connectivity index (χ2n) is 7.69. The quantitative estimate of drug-likeness (QED) is 0.400.